The number of nitrogens with one attached hydrogen (secondary N) is 2. The molecule has 1 atom stereocenters. The second kappa shape index (κ2) is 13.6. The molecule has 0 bridgehead atoms. The van der Waals surface area contributed by atoms with Crippen molar-refractivity contribution in [1.29, 1.82) is 5.26 Å². The van der Waals surface area contributed by atoms with Gasteiger partial charge in [-0.2, -0.15) is 5.26 Å². The van der Waals surface area contributed by atoms with Crippen LogP contribution in [-0.4, -0.2) is 64.7 Å². The molecule has 2 N–H and O–H groups in total. The highest BCUT2D eigenvalue weighted by molar-refractivity contribution is 7.99. The number of pyridine rings is 2. The predicted molar refractivity (Wildman–Crippen MR) is 174 cm³/mol. The Labute approximate surface area is 267 Å². The maximum Gasteiger partial charge on any atom is 0.263 e. The number of nitrogens with zero attached hydrogens (tertiary/aromatic N) is 4. The van der Waals surface area contributed by atoms with Crippen LogP contribution in [0.5, 0.6) is 0 Å². The number of ether oxygens (including phenoxy) is 1. The molecule has 2 aromatic heterocycles. The van der Waals surface area contributed by atoms with Gasteiger partial charge in [-0.15, -0.1) is 11.8 Å². The van der Waals surface area contributed by atoms with Crippen LogP contribution >= 0.6 is 11.8 Å². The van der Waals surface area contributed by atoms with E-state index in [9.17, 15) is 19.6 Å². The van der Waals surface area contributed by atoms with Crippen LogP contribution in [0.25, 0.3) is 11.1 Å². The van der Waals surface area contributed by atoms with Crippen LogP contribution in [-0.2, 0) is 11.3 Å². The lowest BCUT2D eigenvalue weighted by atomic mass is 9.95. The van der Waals surface area contributed by atoms with Crippen molar-refractivity contribution in [2.24, 2.45) is 0 Å². The highest BCUT2D eigenvalue weighted by Crippen LogP contribution is 2.41. The van der Waals surface area contributed by atoms with E-state index in [-0.39, 0.29) is 34.4 Å². The van der Waals surface area contributed by atoms with Gasteiger partial charge in [0.25, 0.3) is 17.4 Å². The lowest BCUT2D eigenvalue weighted by Crippen LogP contribution is -2.42. The fourth-order valence-corrected chi connectivity index (χ4v) is 6.15. The number of thioether (sulfide) groups is 1. The number of carbonyl (C=O) groups is 2. The third kappa shape index (κ3) is 7.14. The van der Waals surface area contributed by atoms with E-state index in [2.05, 4.69) is 16.7 Å². The smallest absolute Gasteiger partial charge is 0.263 e. The molecule has 2 amide bonds. The van der Waals surface area contributed by atoms with E-state index in [1.807, 2.05) is 18.5 Å². The van der Waals surface area contributed by atoms with E-state index < -0.39 is 5.91 Å². The number of benzene rings is 1. The Morgan fingerprint density at radius 2 is 1.93 bits per heavy atom. The Morgan fingerprint density at radius 1 is 1.13 bits per heavy atom. The van der Waals surface area contributed by atoms with Gasteiger partial charge in [0.1, 0.15) is 16.8 Å². The molecule has 10 nitrogen and oxygen atoms in total. The largest absolute Gasteiger partial charge is 0.371 e. The van der Waals surface area contributed by atoms with Crippen molar-refractivity contribution in [2.75, 3.05) is 38.3 Å². The first-order chi connectivity index (χ1) is 21.9. The number of rotatable bonds is 13. The van der Waals surface area contributed by atoms with E-state index >= 15 is 0 Å². The van der Waals surface area contributed by atoms with Gasteiger partial charge in [-0.05, 0) is 98.3 Å². The Hall–Kier alpha value is -3.98. The van der Waals surface area contributed by atoms with Crippen LogP contribution in [0.4, 0.5) is 5.82 Å². The van der Waals surface area contributed by atoms with Gasteiger partial charge in [-0.25, -0.2) is 4.98 Å². The molecule has 6 rings (SSSR count). The number of likely N-dealkylation sites (tertiary alicyclic amines) is 1. The molecule has 3 fully saturated rings. The summed E-state index contributed by atoms with van der Waals surface area (Å²) in [5, 5.41) is 15.8. The lowest BCUT2D eigenvalue weighted by Gasteiger charge is -2.31. The zero-order chi connectivity index (χ0) is 31.5. The van der Waals surface area contributed by atoms with Crippen molar-refractivity contribution in [3.05, 3.63) is 80.9 Å². The van der Waals surface area contributed by atoms with Crippen molar-refractivity contribution in [2.45, 2.75) is 62.5 Å². The Bertz CT molecular complexity index is 1700. The zero-order valence-corrected chi connectivity index (χ0v) is 26.5. The van der Waals surface area contributed by atoms with Gasteiger partial charge in [0, 0.05) is 56.2 Å². The molecule has 0 radical (unpaired) electrons. The Morgan fingerprint density at radius 3 is 2.58 bits per heavy atom. The first kappa shape index (κ1) is 31.0. The summed E-state index contributed by atoms with van der Waals surface area (Å²) < 4.78 is 7.12. The van der Waals surface area contributed by atoms with Crippen LogP contribution in [0.3, 0.4) is 0 Å². The molecule has 1 aromatic carbocycles. The highest BCUT2D eigenvalue weighted by Gasteiger charge is 2.30. The highest BCUT2D eigenvalue weighted by atomic mass is 32.2. The van der Waals surface area contributed by atoms with Gasteiger partial charge in [-0.1, -0.05) is 6.07 Å². The van der Waals surface area contributed by atoms with Crippen LogP contribution in [0.15, 0.2) is 47.4 Å². The second-order valence-corrected chi connectivity index (χ2v) is 13.0. The number of amides is 2. The molecule has 2 saturated carbocycles. The molecule has 1 aliphatic heterocycles. The SMILES string of the molecule is COC(CCNCc1cc(C(=O)Nc2cc(-c3ccc(C#N)cc3C(=O)N3CCC3)cc(C3CC3)n2)c(=O)n(C2CC2)c1)SC. The van der Waals surface area contributed by atoms with E-state index in [0.29, 0.717) is 42.1 Å². The second-order valence-electron chi connectivity index (χ2n) is 12.0. The lowest BCUT2D eigenvalue weighted by molar-refractivity contribution is 0.0652. The first-order valence-corrected chi connectivity index (χ1v) is 16.9. The average Bonchev–Trinajstić information content (AvgIpc) is 3.94. The normalized spacial score (nSPS) is 16.5. The Balaban J connectivity index is 1.29. The standard InChI is InChI=1S/C34H38N6O4S/c1-44-31(45-2)10-11-36-19-22-15-28(34(43)40(20-22)25-7-8-25)32(41)38-30-17-24(16-29(37-30)23-5-6-23)26-9-4-21(18-35)14-27(26)33(42)39-12-3-13-39/h4,9,14-17,20,23,25,31,36H,3,5-8,10-13,19H2,1-2H3,(H,37,38,41). The summed E-state index contributed by atoms with van der Waals surface area (Å²) in [6.07, 6.45) is 9.50. The summed E-state index contributed by atoms with van der Waals surface area (Å²) in [5.41, 5.74) is 3.87. The van der Waals surface area contributed by atoms with E-state index in [4.69, 9.17) is 9.72 Å². The third-order valence-electron chi connectivity index (χ3n) is 8.61. The van der Waals surface area contributed by atoms with Crippen molar-refractivity contribution >= 4 is 29.4 Å². The summed E-state index contributed by atoms with van der Waals surface area (Å²) in [6, 6.07) is 12.8. The van der Waals surface area contributed by atoms with Gasteiger partial charge in [-0.3, -0.25) is 14.4 Å². The molecule has 45 heavy (non-hydrogen) atoms. The van der Waals surface area contributed by atoms with E-state index in [1.165, 1.54) is 0 Å². The number of anilines is 1. The molecule has 3 aromatic rings. The van der Waals surface area contributed by atoms with Gasteiger partial charge < -0.3 is 24.8 Å². The zero-order valence-electron chi connectivity index (χ0n) is 25.7. The molecule has 3 heterocycles. The van der Waals surface area contributed by atoms with Crippen LogP contribution < -0.4 is 16.2 Å². The number of nitriles is 1. The molecule has 3 aliphatic rings. The summed E-state index contributed by atoms with van der Waals surface area (Å²) >= 11 is 1.66. The fourth-order valence-electron chi connectivity index (χ4n) is 5.60. The van der Waals surface area contributed by atoms with Crippen LogP contribution in [0.2, 0.25) is 0 Å². The maximum absolute atomic E-state index is 13.7. The fraction of sp³-hybridized carbons (Fsp3) is 0.441. The molecule has 1 unspecified atom stereocenters. The summed E-state index contributed by atoms with van der Waals surface area (Å²) in [6.45, 7) is 2.64. The van der Waals surface area contributed by atoms with Crippen molar-refractivity contribution < 1.29 is 14.3 Å². The number of methoxy groups -OCH3 is 1. The molecular weight excluding hydrogens is 588 g/mol. The van der Waals surface area contributed by atoms with Crippen molar-refractivity contribution in [3.8, 4) is 17.2 Å². The van der Waals surface area contributed by atoms with Gasteiger partial charge >= 0.3 is 0 Å². The molecular formula is C34H38N6O4S. The van der Waals surface area contributed by atoms with Crippen LogP contribution in [0, 0.1) is 11.3 Å². The summed E-state index contributed by atoms with van der Waals surface area (Å²) in [5.74, 6) is -0.0179. The minimum Gasteiger partial charge on any atom is -0.371 e. The Kier molecular flexibility index (Phi) is 9.35. The summed E-state index contributed by atoms with van der Waals surface area (Å²) in [4.78, 5) is 47.1. The van der Waals surface area contributed by atoms with Crippen molar-refractivity contribution in [3.63, 3.8) is 0 Å². The van der Waals surface area contributed by atoms with Gasteiger partial charge in [0.2, 0.25) is 0 Å². The molecule has 0 spiro atoms. The third-order valence-corrected chi connectivity index (χ3v) is 9.57. The van der Waals surface area contributed by atoms with E-state index in [0.717, 1.165) is 61.9 Å². The number of hydrogen-bond donors (Lipinski definition) is 2. The number of carbonyl (C=O) groups excluding carboxylic acids is 2. The minimum atomic E-state index is -0.513. The monoisotopic (exact) mass is 626 g/mol. The molecule has 1 saturated heterocycles. The maximum atomic E-state index is 13.7. The number of aromatic nitrogens is 2. The summed E-state index contributed by atoms with van der Waals surface area (Å²) in [7, 11) is 1.70. The van der Waals surface area contributed by atoms with Gasteiger partial charge in [0.05, 0.1) is 11.6 Å². The molecule has 2 aliphatic carbocycles. The quantitative estimate of drug-likeness (QED) is 0.202. The minimum absolute atomic E-state index is 0.0762. The number of hydrogen-bond acceptors (Lipinski definition) is 8. The van der Waals surface area contributed by atoms with Crippen molar-refractivity contribution in [1.82, 2.24) is 19.8 Å². The molecule has 234 valence electrons. The average molecular weight is 627 g/mol. The van der Waals surface area contributed by atoms with E-state index in [1.54, 1.807) is 58.7 Å². The predicted octanol–water partition coefficient (Wildman–Crippen LogP) is 4.91. The topological polar surface area (TPSA) is 129 Å². The van der Waals surface area contributed by atoms with Gasteiger partial charge in [0.15, 0.2) is 0 Å². The van der Waals surface area contributed by atoms with Crippen LogP contribution in [0.1, 0.15) is 88.0 Å². The molecule has 11 heteroatoms. The first-order valence-electron chi connectivity index (χ1n) is 15.6.